The predicted molar refractivity (Wildman–Crippen MR) is 159 cm³/mol. The van der Waals surface area contributed by atoms with Gasteiger partial charge in [-0.2, -0.15) is 4.39 Å². The Morgan fingerprint density at radius 3 is 2.25 bits per heavy atom. The van der Waals surface area contributed by atoms with Crippen LogP contribution in [-0.2, 0) is 21.2 Å². The number of rotatable bonds is 9. The van der Waals surface area contributed by atoms with Gasteiger partial charge in [-0.1, -0.05) is 24.3 Å². The van der Waals surface area contributed by atoms with Crippen molar-refractivity contribution in [2.45, 2.75) is 17.4 Å². The number of sulfonamides is 1. The number of aromatic nitrogens is 2. The fourth-order valence-corrected chi connectivity index (χ4v) is 5.99. The Hall–Kier alpha value is -4.82. The highest BCUT2D eigenvalue weighted by Crippen LogP contribution is 2.27. The zero-order chi connectivity index (χ0) is 31.6. The summed E-state index contributed by atoms with van der Waals surface area (Å²) < 4.78 is 71.9. The first-order valence-corrected chi connectivity index (χ1v) is 15.0. The van der Waals surface area contributed by atoms with Gasteiger partial charge in [-0.05, 0) is 75.1 Å². The lowest BCUT2D eigenvalue weighted by Gasteiger charge is -2.17. The molecular formula is C30H20BrF3N4O5S. The average molecular weight is 685 g/mol. The summed E-state index contributed by atoms with van der Waals surface area (Å²) in [4.78, 5) is 32.3. The Bertz CT molecular complexity index is 2010. The van der Waals surface area contributed by atoms with Crippen molar-refractivity contribution in [2.24, 2.45) is 0 Å². The number of halogens is 4. The van der Waals surface area contributed by atoms with Gasteiger partial charge in [0, 0.05) is 34.7 Å². The monoisotopic (exact) mass is 684 g/mol. The summed E-state index contributed by atoms with van der Waals surface area (Å²) in [5, 5.41) is 12.5. The second-order valence-corrected chi connectivity index (χ2v) is 12.0. The van der Waals surface area contributed by atoms with Gasteiger partial charge in [0.25, 0.3) is 15.9 Å². The molecule has 3 N–H and O–H groups in total. The van der Waals surface area contributed by atoms with Crippen LogP contribution in [0.3, 0.4) is 0 Å². The van der Waals surface area contributed by atoms with E-state index in [4.69, 9.17) is 0 Å². The van der Waals surface area contributed by atoms with E-state index in [0.717, 1.165) is 0 Å². The topological polar surface area (TPSA) is 138 Å². The van der Waals surface area contributed by atoms with Crippen LogP contribution >= 0.6 is 15.9 Å². The first-order valence-electron chi connectivity index (χ1n) is 12.7. The molecule has 224 valence electrons. The largest absolute Gasteiger partial charge is 0.480 e. The summed E-state index contributed by atoms with van der Waals surface area (Å²) in [5.41, 5.74) is 0.448. The second-order valence-electron chi connectivity index (χ2n) is 9.49. The second kappa shape index (κ2) is 12.4. The molecule has 0 saturated heterocycles. The van der Waals surface area contributed by atoms with Crippen molar-refractivity contribution < 1.29 is 36.3 Å². The molecule has 0 aliphatic heterocycles. The van der Waals surface area contributed by atoms with Crippen molar-refractivity contribution in [1.82, 2.24) is 15.3 Å². The lowest BCUT2D eigenvalue weighted by atomic mass is 10.0. The summed E-state index contributed by atoms with van der Waals surface area (Å²) in [6.07, 6.45) is 2.60. The molecule has 0 bridgehead atoms. The number of carbonyl (C=O) groups excluding carboxylic acids is 1. The Morgan fingerprint density at radius 1 is 0.886 bits per heavy atom. The van der Waals surface area contributed by atoms with Crippen molar-refractivity contribution in [3.8, 4) is 11.1 Å². The van der Waals surface area contributed by atoms with Crippen molar-refractivity contribution in [2.75, 3.05) is 4.72 Å². The Labute approximate surface area is 257 Å². The Kier molecular flexibility index (Phi) is 8.65. The minimum absolute atomic E-state index is 0.216. The van der Waals surface area contributed by atoms with Crippen molar-refractivity contribution in [1.29, 1.82) is 0 Å². The molecule has 0 aliphatic rings. The number of amides is 1. The van der Waals surface area contributed by atoms with Crippen molar-refractivity contribution >= 4 is 54.4 Å². The maximum atomic E-state index is 15.0. The normalized spacial score (nSPS) is 12.1. The molecule has 9 nitrogen and oxygen atoms in total. The first-order chi connectivity index (χ1) is 20.9. The van der Waals surface area contributed by atoms with Crippen molar-refractivity contribution in [3.05, 3.63) is 118 Å². The number of aliphatic carboxylic acids is 1. The van der Waals surface area contributed by atoms with Crippen LogP contribution in [0.25, 0.3) is 22.0 Å². The van der Waals surface area contributed by atoms with Crippen LogP contribution < -0.4 is 10.0 Å². The molecule has 0 unspecified atom stereocenters. The zero-order valence-electron chi connectivity index (χ0n) is 22.3. The van der Waals surface area contributed by atoms with Crippen LogP contribution in [0, 0.1) is 17.6 Å². The molecule has 0 fully saturated rings. The average Bonchev–Trinajstić information content (AvgIpc) is 2.97. The number of hydrogen-bond donors (Lipinski definition) is 3. The Morgan fingerprint density at radius 2 is 1.59 bits per heavy atom. The summed E-state index contributed by atoms with van der Waals surface area (Å²) in [7, 11) is -4.33. The number of fused-ring (bicyclic) bond motifs is 1. The molecule has 0 aliphatic carbocycles. The minimum Gasteiger partial charge on any atom is -0.480 e. The van der Waals surface area contributed by atoms with Crippen molar-refractivity contribution in [3.63, 3.8) is 0 Å². The van der Waals surface area contributed by atoms with E-state index in [1.54, 1.807) is 30.5 Å². The van der Waals surface area contributed by atoms with E-state index in [1.165, 1.54) is 42.6 Å². The van der Waals surface area contributed by atoms with Crippen LogP contribution in [0.5, 0.6) is 0 Å². The van der Waals surface area contributed by atoms with Gasteiger partial charge < -0.3 is 10.4 Å². The number of nitrogens with zero attached hydrogens (tertiary/aromatic N) is 2. The fraction of sp³-hybridized carbons (Fsp3) is 0.0667. The van der Waals surface area contributed by atoms with Gasteiger partial charge in [0.15, 0.2) is 0 Å². The van der Waals surface area contributed by atoms with E-state index in [-0.39, 0.29) is 11.3 Å². The molecule has 0 saturated carbocycles. The highest BCUT2D eigenvalue weighted by atomic mass is 79.9. The summed E-state index contributed by atoms with van der Waals surface area (Å²) >= 11 is 3.38. The molecule has 5 rings (SSSR count). The molecule has 2 heterocycles. The highest BCUT2D eigenvalue weighted by molar-refractivity contribution is 9.10. The summed E-state index contributed by atoms with van der Waals surface area (Å²) in [5.74, 6) is -6.33. The van der Waals surface area contributed by atoms with Crippen LogP contribution in [-0.4, -0.2) is 41.4 Å². The lowest BCUT2D eigenvalue weighted by Crippen LogP contribution is -2.43. The number of pyridine rings is 2. The number of benzene rings is 3. The summed E-state index contributed by atoms with van der Waals surface area (Å²) in [6, 6.07) is 14.3. The van der Waals surface area contributed by atoms with Gasteiger partial charge in [0.05, 0.1) is 16.1 Å². The number of carboxylic acid groups (broad SMARTS) is 1. The van der Waals surface area contributed by atoms with E-state index in [1.807, 2.05) is 0 Å². The Balaban J connectivity index is 1.33. The van der Waals surface area contributed by atoms with Crippen LogP contribution in [0.1, 0.15) is 15.9 Å². The molecule has 3 aromatic carbocycles. The minimum atomic E-state index is -4.33. The molecule has 2 aromatic heterocycles. The lowest BCUT2D eigenvalue weighted by molar-refractivity contribution is -0.139. The van der Waals surface area contributed by atoms with E-state index in [2.05, 4.69) is 35.9 Å². The number of carboxylic acids is 1. The third kappa shape index (κ3) is 6.55. The van der Waals surface area contributed by atoms with Gasteiger partial charge in [-0.25, -0.2) is 27.0 Å². The van der Waals surface area contributed by atoms with Crippen LogP contribution in [0.2, 0.25) is 0 Å². The number of nitrogens with one attached hydrogen (secondary N) is 2. The molecule has 0 radical (unpaired) electrons. The highest BCUT2D eigenvalue weighted by Gasteiger charge is 2.27. The molecule has 0 spiro atoms. The molecule has 14 heteroatoms. The van der Waals surface area contributed by atoms with Gasteiger partial charge in [0.1, 0.15) is 23.2 Å². The molecule has 44 heavy (non-hydrogen) atoms. The van der Waals surface area contributed by atoms with Crippen LogP contribution in [0.15, 0.2) is 94.6 Å². The SMILES string of the molecule is O=C(N[C@@H](Cc1ccc(Br)c2ncccc12)C(=O)O)c1c(F)cc(NS(=O)(=O)c2ccc(-c3ccnc(F)c3)cc2)cc1F. The van der Waals surface area contributed by atoms with E-state index in [0.29, 0.717) is 44.2 Å². The van der Waals surface area contributed by atoms with E-state index in [9.17, 15) is 27.5 Å². The number of carbonyl (C=O) groups is 2. The molecular weight excluding hydrogens is 665 g/mol. The maximum absolute atomic E-state index is 15.0. The standard InChI is InChI=1S/C30H20BrF3N4O5S/c31-22-8-5-18(21-2-1-10-36-28(21)22)12-25(30(40)41)37-29(39)27-23(32)14-19(15-24(27)33)38-44(42,43)20-6-3-16(4-7-20)17-9-11-35-26(34)13-17/h1-11,13-15,25,38H,12H2,(H,37,39)(H,40,41)/t25-/m0/s1. The smallest absolute Gasteiger partial charge is 0.326 e. The van der Waals surface area contributed by atoms with Gasteiger partial charge in [0.2, 0.25) is 5.95 Å². The third-order valence-electron chi connectivity index (χ3n) is 6.58. The van der Waals surface area contributed by atoms with Gasteiger partial charge >= 0.3 is 5.97 Å². The predicted octanol–water partition coefficient (Wildman–Crippen LogP) is 5.70. The third-order valence-corrected chi connectivity index (χ3v) is 8.62. The van der Waals surface area contributed by atoms with E-state index < -0.39 is 56.8 Å². The zero-order valence-corrected chi connectivity index (χ0v) is 24.7. The quantitative estimate of drug-likeness (QED) is 0.169. The first kappa shape index (κ1) is 30.6. The molecule has 5 aromatic rings. The number of hydrogen-bond acceptors (Lipinski definition) is 6. The van der Waals surface area contributed by atoms with Crippen LogP contribution in [0.4, 0.5) is 18.9 Å². The molecule has 1 atom stereocenters. The fourth-order valence-electron chi connectivity index (χ4n) is 4.50. The van der Waals surface area contributed by atoms with E-state index >= 15 is 8.78 Å². The summed E-state index contributed by atoms with van der Waals surface area (Å²) in [6.45, 7) is 0. The number of anilines is 1. The molecule has 1 amide bonds. The maximum Gasteiger partial charge on any atom is 0.326 e. The van der Waals surface area contributed by atoms with Gasteiger partial charge in [-0.15, -0.1) is 0 Å². The van der Waals surface area contributed by atoms with Gasteiger partial charge in [-0.3, -0.25) is 14.5 Å².